The van der Waals surface area contributed by atoms with Crippen LogP contribution in [0.4, 0.5) is 0 Å². The first kappa shape index (κ1) is 25.5. The molecule has 29 heavy (non-hydrogen) atoms. The van der Waals surface area contributed by atoms with Crippen molar-refractivity contribution >= 4 is 41.7 Å². The van der Waals surface area contributed by atoms with Crippen molar-refractivity contribution in [2.45, 2.75) is 81.5 Å². The highest BCUT2D eigenvalue weighted by Crippen LogP contribution is 2.31. The number of guanidine groups is 1. The zero-order valence-electron chi connectivity index (χ0n) is 18.9. The Kier molecular flexibility index (Phi) is 11.4. The molecule has 0 spiro atoms. The van der Waals surface area contributed by atoms with E-state index >= 15 is 0 Å². The van der Waals surface area contributed by atoms with Gasteiger partial charge in [0, 0.05) is 30.4 Å². The quantitative estimate of drug-likeness (QED) is 0.307. The summed E-state index contributed by atoms with van der Waals surface area (Å²) in [7, 11) is 4.19. The third-order valence-corrected chi connectivity index (χ3v) is 8.36. The molecule has 170 valence electrons. The Labute approximate surface area is 200 Å². The number of hydrogen-bond acceptors (Lipinski definition) is 4. The minimum atomic E-state index is 0. The van der Waals surface area contributed by atoms with Crippen molar-refractivity contribution in [2.24, 2.45) is 4.99 Å². The third kappa shape index (κ3) is 7.42. The second-order valence-electron chi connectivity index (χ2n) is 9.09. The number of rotatable bonds is 6. The molecule has 1 aliphatic carbocycles. The number of aliphatic imine (C=N–C) groups is 1. The lowest BCUT2D eigenvalue weighted by Gasteiger charge is -2.50. The van der Waals surface area contributed by atoms with Gasteiger partial charge in [-0.05, 0) is 83.9 Å². The Bertz CT molecular complexity index is 488. The highest BCUT2D eigenvalue weighted by molar-refractivity contribution is 14.0. The molecule has 0 amide bonds. The van der Waals surface area contributed by atoms with Gasteiger partial charge < -0.3 is 15.5 Å². The van der Waals surface area contributed by atoms with Gasteiger partial charge in [-0.3, -0.25) is 9.89 Å². The molecule has 3 rings (SSSR count). The minimum Gasteiger partial charge on any atom is -0.355 e. The topological polar surface area (TPSA) is 42.9 Å². The van der Waals surface area contributed by atoms with E-state index in [1.807, 2.05) is 7.05 Å². The maximum Gasteiger partial charge on any atom is 0.191 e. The van der Waals surface area contributed by atoms with Gasteiger partial charge in [-0.2, -0.15) is 11.8 Å². The highest BCUT2D eigenvalue weighted by atomic mass is 127. The lowest BCUT2D eigenvalue weighted by molar-refractivity contribution is 0.0172. The van der Waals surface area contributed by atoms with Gasteiger partial charge in [0.1, 0.15) is 0 Å². The fraction of sp³-hybridized carbons (Fsp3) is 0.955. The molecule has 3 aliphatic rings. The molecule has 2 unspecified atom stereocenters. The van der Waals surface area contributed by atoms with Gasteiger partial charge in [0.05, 0.1) is 0 Å². The SMILES string of the molecule is CCSC1CCCC(NC(=NC)NCC2(N3CCCCC3)CCN(C)CC2)C1.I. The predicted octanol–water partition coefficient (Wildman–Crippen LogP) is 3.78. The van der Waals surface area contributed by atoms with E-state index in [2.05, 4.69) is 51.2 Å². The van der Waals surface area contributed by atoms with E-state index in [-0.39, 0.29) is 24.0 Å². The minimum absolute atomic E-state index is 0. The Morgan fingerprint density at radius 2 is 1.79 bits per heavy atom. The van der Waals surface area contributed by atoms with Crippen LogP contribution in [0.1, 0.15) is 64.7 Å². The van der Waals surface area contributed by atoms with Gasteiger partial charge >= 0.3 is 0 Å². The van der Waals surface area contributed by atoms with E-state index in [0.717, 1.165) is 17.8 Å². The van der Waals surface area contributed by atoms with Crippen LogP contribution in [-0.4, -0.2) is 85.2 Å². The van der Waals surface area contributed by atoms with Crippen molar-refractivity contribution in [3.05, 3.63) is 0 Å². The lowest BCUT2D eigenvalue weighted by Crippen LogP contribution is -2.62. The van der Waals surface area contributed by atoms with E-state index in [1.54, 1.807) is 0 Å². The number of piperidine rings is 2. The second-order valence-corrected chi connectivity index (χ2v) is 10.7. The summed E-state index contributed by atoms with van der Waals surface area (Å²) in [5.74, 6) is 2.25. The average molecular weight is 538 g/mol. The summed E-state index contributed by atoms with van der Waals surface area (Å²) in [6.45, 7) is 8.28. The van der Waals surface area contributed by atoms with Crippen LogP contribution in [0.3, 0.4) is 0 Å². The summed E-state index contributed by atoms with van der Waals surface area (Å²) in [4.78, 5) is 9.88. The Morgan fingerprint density at radius 3 is 2.45 bits per heavy atom. The van der Waals surface area contributed by atoms with Crippen molar-refractivity contribution in [1.82, 2.24) is 20.4 Å². The molecule has 0 aromatic rings. The standard InChI is InChI=1S/C22H43N5S.HI/c1-4-28-20-10-8-9-19(17-20)25-21(23-2)24-18-22(11-15-26(3)16-12-22)27-13-6-5-7-14-27;/h19-20H,4-18H2,1-3H3,(H2,23,24,25);1H. The molecule has 1 saturated carbocycles. The largest absolute Gasteiger partial charge is 0.355 e. The van der Waals surface area contributed by atoms with Crippen LogP contribution in [0.15, 0.2) is 4.99 Å². The summed E-state index contributed by atoms with van der Waals surface area (Å²) in [6.07, 6.45) is 12.0. The molecule has 2 N–H and O–H groups in total. The first-order chi connectivity index (χ1) is 13.6. The molecule has 2 aliphatic heterocycles. The number of hydrogen-bond donors (Lipinski definition) is 2. The van der Waals surface area contributed by atoms with E-state index < -0.39 is 0 Å². The van der Waals surface area contributed by atoms with Crippen LogP contribution in [0, 0.1) is 0 Å². The van der Waals surface area contributed by atoms with Crippen LogP contribution < -0.4 is 10.6 Å². The van der Waals surface area contributed by atoms with Crippen molar-refractivity contribution in [3.8, 4) is 0 Å². The maximum atomic E-state index is 4.59. The fourth-order valence-electron chi connectivity index (χ4n) is 5.31. The van der Waals surface area contributed by atoms with Crippen LogP contribution in [0.2, 0.25) is 0 Å². The summed E-state index contributed by atoms with van der Waals surface area (Å²) < 4.78 is 0. The Balaban J connectivity index is 0.00000300. The van der Waals surface area contributed by atoms with Crippen molar-refractivity contribution in [2.75, 3.05) is 52.6 Å². The summed E-state index contributed by atoms with van der Waals surface area (Å²) in [5.41, 5.74) is 0.303. The van der Waals surface area contributed by atoms with Crippen LogP contribution >= 0.6 is 35.7 Å². The summed E-state index contributed by atoms with van der Waals surface area (Å²) in [5, 5.41) is 8.34. The molecule has 2 heterocycles. The van der Waals surface area contributed by atoms with Crippen molar-refractivity contribution < 1.29 is 0 Å². The van der Waals surface area contributed by atoms with Crippen LogP contribution in [0.5, 0.6) is 0 Å². The number of thioether (sulfide) groups is 1. The monoisotopic (exact) mass is 537 g/mol. The molecule has 2 atom stereocenters. The van der Waals surface area contributed by atoms with E-state index in [1.165, 1.54) is 89.7 Å². The van der Waals surface area contributed by atoms with Gasteiger partial charge in [-0.15, -0.1) is 24.0 Å². The molecular formula is C22H44IN5S. The lowest BCUT2D eigenvalue weighted by atomic mass is 9.84. The molecule has 0 aromatic carbocycles. The zero-order valence-corrected chi connectivity index (χ0v) is 22.1. The zero-order chi connectivity index (χ0) is 19.8. The molecule has 7 heteroatoms. The average Bonchev–Trinajstić information content (AvgIpc) is 2.74. The Hall–Kier alpha value is 0.270. The van der Waals surface area contributed by atoms with E-state index in [4.69, 9.17) is 0 Å². The van der Waals surface area contributed by atoms with Crippen molar-refractivity contribution in [1.29, 1.82) is 0 Å². The third-order valence-electron chi connectivity index (χ3n) is 7.12. The fourth-order valence-corrected chi connectivity index (χ4v) is 6.48. The summed E-state index contributed by atoms with van der Waals surface area (Å²) in [6, 6.07) is 0.576. The Morgan fingerprint density at radius 1 is 1.07 bits per heavy atom. The predicted molar refractivity (Wildman–Crippen MR) is 139 cm³/mol. The number of nitrogens with one attached hydrogen (secondary N) is 2. The molecule has 0 radical (unpaired) electrons. The second kappa shape index (κ2) is 13.0. The van der Waals surface area contributed by atoms with Crippen molar-refractivity contribution in [3.63, 3.8) is 0 Å². The van der Waals surface area contributed by atoms with E-state index in [0.29, 0.717) is 11.6 Å². The number of nitrogens with zero attached hydrogens (tertiary/aromatic N) is 3. The molecular weight excluding hydrogens is 493 g/mol. The maximum absolute atomic E-state index is 4.59. The smallest absolute Gasteiger partial charge is 0.191 e. The highest BCUT2D eigenvalue weighted by Gasteiger charge is 2.39. The van der Waals surface area contributed by atoms with Gasteiger partial charge in [0.15, 0.2) is 5.96 Å². The molecule has 0 aromatic heterocycles. The molecule has 0 bridgehead atoms. The molecule has 3 fully saturated rings. The molecule has 2 saturated heterocycles. The normalized spacial score (nSPS) is 29.1. The van der Waals surface area contributed by atoms with Crippen LogP contribution in [0.25, 0.3) is 0 Å². The van der Waals surface area contributed by atoms with Gasteiger partial charge in [-0.1, -0.05) is 19.8 Å². The summed E-state index contributed by atoms with van der Waals surface area (Å²) >= 11 is 2.13. The van der Waals surface area contributed by atoms with E-state index in [9.17, 15) is 0 Å². The van der Waals surface area contributed by atoms with Gasteiger partial charge in [0.25, 0.3) is 0 Å². The van der Waals surface area contributed by atoms with Crippen LogP contribution in [-0.2, 0) is 0 Å². The van der Waals surface area contributed by atoms with Gasteiger partial charge in [-0.25, -0.2) is 0 Å². The van der Waals surface area contributed by atoms with Gasteiger partial charge in [0.2, 0.25) is 0 Å². The number of halogens is 1. The first-order valence-electron chi connectivity index (χ1n) is 11.7. The molecule has 5 nitrogen and oxygen atoms in total. The first-order valence-corrected chi connectivity index (χ1v) is 12.7. The number of likely N-dealkylation sites (tertiary alicyclic amines) is 2.